The number of halogens is 3. The van der Waals surface area contributed by atoms with Gasteiger partial charge in [0.2, 0.25) is 5.91 Å². The minimum absolute atomic E-state index is 0.0371. The molecule has 184 valence electrons. The number of aromatic nitrogens is 1. The van der Waals surface area contributed by atoms with Gasteiger partial charge in [0.05, 0.1) is 29.4 Å². The Kier molecular flexibility index (Phi) is 6.51. The van der Waals surface area contributed by atoms with Crippen LogP contribution >= 0.6 is 0 Å². The Morgan fingerprint density at radius 2 is 1.97 bits per heavy atom. The third-order valence-corrected chi connectivity index (χ3v) is 6.18. The van der Waals surface area contributed by atoms with Crippen LogP contribution < -0.4 is 10.6 Å². The molecule has 8 nitrogen and oxygen atoms in total. The molecule has 0 bridgehead atoms. The van der Waals surface area contributed by atoms with Gasteiger partial charge in [0.1, 0.15) is 6.04 Å². The van der Waals surface area contributed by atoms with E-state index < -0.39 is 41.7 Å². The van der Waals surface area contributed by atoms with Crippen molar-refractivity contribution in [2.75, 3.05) is 13.1 Å². The molecular formula is C24H24F3N5O3. The first-order chi connectivity index (χ1) is 16.6. The van der Waals surface area contributed by atoms with Gasteiger partial charge in [0.25, 0.3) is 5.91 Å². The van der Waals surface area contributed by atoms with Gasteiger partial charge < -0.3 is 15.5 Å². The van der Waals surface area contributed by atoms with Gasteiger partial charge in [0, 0.05) is 25.5 Å². The summed E-state index contributed by atoms with van der Waals surface area (Å²) >= 11 is 0. The summed E-state index contributed by atoms with van der Waals surface area (Å²) in [7, 11) is 0. The number of nitrogens with zero attached hydrogens (tertiary/aromatic N) is 3. The Labute approximate surface area is 199 Å². The van der Waals surface area contributed by atoms with Crippen molar-refractivity contribution in [1.82, 2.24) is 25.4 Å². The molecule has 0 unspecified atom stereocenters. The van der Waals surface area contributed by atoms with Crippen molar-refractivity contribution < 1.29 is 27.6 Å². The lowest BCUT2D eigenvalue weighted by Crippen LogP contribution is -2.47. The second kappa shape index (κ2) is 9.40. The second-order valence-electron chi connectivity index (χ2n) is 8.26. The number of benzene rings is 1. The van der Waals surface area contributed by atoms with E-state index in [0.717, 1.165) is 11.6 Å². The molecule has 3 heterocycles. The first-order valence-electron chi connectivity index (χ1n) is 11.1. The summed E-state index contributed by atoms with van der Waals surface area (Å²) in [4.78, 5) is 45.7. The summed E-state index contributed by atoms with van der Waals surface area (Å²) in [5.74, 6) is -1.03. The highest BCUT2D eigenvalue weighted by molar-refractivity contribution is 6.03. The summed E-state index contributed by atoms with van der Waals surface area (Å²) in [5.41, 5.74) is -0.0460. The minimum Gasteiger partial charge on any atom is -0.350 e. The maximum Gasteiger partial charge on any atom is 0.416 e. The highest BCUT2D eigenvalue weighted by atomic mass is 19.4. The van der Waals surface area contributed by atoms with Crippen molar-refractivity contribution in [1.29, 1.82) is 0 Å². The van der Waals surface area contributed by atoms with Crippen molar-refractivity contribution in [3.63, 3.8) is 0 Å². The molecule has 0 radical (unpaired) electrons. The van der Waals surface area contributed by atoms with E-state index in [1.54, 1.807) is 38.4 Å². The molecule has 0 saturated carbocycles. The second-order valence-corrected chi connectivity index (χ2v) is 8.26. The molecule has 35 heavy (non-hydrogen) atoms. The van der Waals surface area contributed by atoms with Crippen LogP contribution in [0.25, 0.3) is 0 Å². The quantitative estimate of drug-likeness (QED) is 0.655. The fraction of sp³-hybridized carbons (Fsp3) is 0.333. The zero-order valence-corrected chi connectivity index (χ0v) is 19.1. The van der Waals surface area contributed by atoms with Crippen LogP contribution in [-0.2, 0) is 22.3 Å². The Bertz CT molecular complexity index is 1180. The maximum atomic E-state index is 13.7. The third kappa shape index (κ3) is 4.58. The first-order valence-corrected chi connectivity index (χ1v) is 11.1. The van der Waals surface area contributed by atoms with Gasteiger partial charge in [-0.2, -0.15) is 13.2 Å². The Morgan fingerprint density at radius 3 is 2.63 bits per heavy atom. The molecule has 0 saturated heterocycles. The highest BCUT2D eigenvalue weighted by Crippen LogP contribution is 2.41. The lowest BCUT2D eigenvalue weighted by atomic mass is 9.91. The molecule has 0 spiro atoms. The van der Waals surface area contributed by atoms with Crippen LogP contribution in [0.3, 0.4) is 0 Å². The summed E-state index contributed by atoms with van der Waals surface area (Å²) < 4.78 is 41.2. The molecule has 4 rings (SSSR count). The predicted molar refractivity (Wildman–Crippen MR) is 119 cm³/mol. The van der Waals surface area contributed by atoms with E-state index in [4.69, 9.17) is 0 Å². The van der Waals surface area contributed by atoms with Crippen LogP contribution in [-0.4, -0.2) is 51.8 Å². The topological polar surface area (TPSA) is 94.6 Å². The van der Waals surface area contributed by atoms with Crippen molar-refractivity contribution in [3.8, 4) is 0 Å². The number of hydrogen-bond acceptors (Lipinski definition) is 4. The molecule has 2 N–H and O–H groups in total. The number of pyridine rings is 1. The molecule has 11 heteroatoms. The Morgan fingerprint density at radius 1 is 1.23 bits per heavy atom. The van der Waals surface area contributed by atoms with Crippen LogP contribution in [0.5, 0.6) is 0 Å². The standard InChI is InChI=1S/C24H24F3N5O3/c1-3-31-18-13-32(14(2)21(33)29-12-15-7-6-10-28-11-15)22(34)19(18)20(30-23(31)35)16-8-4-5-9-17(16)24(25,26)27/h4-11,14,20H,3,12-13H2,1-2H3,(H,29,33)(H,30,35)/t14-,20+/m1/s1. The van der Waals surface area contributed by atoms with Crippen LogP contribution in [0, 0.1) is 0 Å². The van der Waals surface area contributed by atoms with Gasteiger partial charge >= 0.3 is 12.2 Å². The fourth-order valence-electron chi connectivity index (χ4n) is 4.38. The molecular weight excluding hydrogens is 463 g/mol. The number of nitrogens with one attached hydrogen (secondary N) is 2. The Hall–Kier alpha value is -3.89. The molecule has 0 aliphatic carbocycles. The maximum absolute atomic E-state index is 13.7. The lowest BCUT2D eigenvalue weighted by molar-refractivity contribution is -0.138. The number of carbonyl (C=O) groups excluding carboxylic acids is 3. The third-order valence-electron chi connectivity index (χ3n) is 6.18. The minimum atomic E-state index is -4.68. The number of alkyl halides is 3. The summed E-state index contributed by atoms with van der Waals surface area (Å²) in [6.07, 6.45) is -1.47. The monoisotopic (exact) mass is 487 g/mol. The van der Waals surface area contributed by atoms with Gasteiger partial charge in [-0.15, -0.1) is 0 Å². The number of rotatable bonds is 6. The van der Waals surface area contributed by atoms with E-state index in [1.807, 2.05) is 0 Å². The van der Waals surface area contributed by atoms with E-state index in [-0.39, 0.29) is 30.8 Å². The Balaban J connectivity index is 1.63. The zero-order chi connectivity index (χ0) is 25.3. The van der Waals surface area contributed by atoms with Crippen LogP contribution in [0.4, 0.5) is 18.0 Å². The lowest BCUT2D eigenvalue weighted by Gasteiger charge is -2.33. The van der Waals surface area contributed by atoms with Crippen LogP contribution in [0.2, 0.25) is 0 Å². The van der Waals surface area contributed by atoms with Gasteiger partial charge in [-0.1, -0.05) is 24.3 Å². The summed E-state index contributed by atoms with van der Waals surface area (Å²) in [6.45, 7) is 3.59. The van der Waals surface area contributed by atoms with Gasteiger partial charge in [-0.05, 0) is 37.1 Å². The van der Waals surface area contributed by atoms with E-state index in [9.17, 15) is 27.6 Å². The smallest absolute Gasteiger partial charge is 0.350 e. The average Bonchev–Trinajstić information content (AvgIpc) is 3.18. The molecule has 2 aromatic rings. The average molecular weight is 487 g/mol. The number of hydrogen-bond donors (Lipinski definition) is 2. The van der Waals surface area contributed by atoms with Crippen molar-refractivity contribution in [2.24, 2.45) is 0 Å². The van der Waals surface area contributed by atoms with Crippen molar-refractivity contribution >= 4 is 17.8 Å². The zero-order valence-electron chi connectivity index (χ0n) is 19.1. The van der Waals surface area contributed by atoms with Crippen molar-refractivity contribution in [2.45, 2.75) is 38.7 Å². The van der Waals surface area contributed by atoms with E-state index >= 15 is 0 Å². The highest BCUT2D eigenvalue weighted by Gasteiger charge is 2.47. The molecule has 2 aliphatic heterocycles. The van der Waals surface area contributed by atoms with Crippen molar-refractivity contribution in [3.05, 3.63) is 76.8 Å². The molecule has 0 fully saturated rings. The molecule has 2 atom stereocenters. The normalized spacial score (nSPS) is 18.9. The van der Waals surface area contributed by atoms with Gasteiger partial charge in [-0.25, -0.2) is 4.79 Å². The SMILES string of the molecule is CCN1C(=O)N[C@@H](c2ccccc2C(F)(F)F)C2=C1CN([C@H](C)C(=O)NCc1cccnc1)C2=O. The number of urea groups is 1. The van der Waals surface area contributed by atoms with Crippen LogP contribution in [0.1, 0.15) is 36.6 Å². The molecule has 2 aliphatic rings. The van der Waals surface area contributed by atoms with Gasteiger partial charge in [-0.3, -0.25) is 19.5 Å². The van der Waals surface area contributed by atoms with E-state index in [0.29, 0.717) is 5.70 Å². The number of likely N-dealkylation sites (N-methyl/N-ethyl adjacent to an activating group) is 1. The van der Waals surface area contributed by atoms with Crippen LogP contribution in [0.15, 0.2) is 60.1 Å². The molecule has 1 aromatic carbocycles. The largest absolute Gasteiger partial charge is 0.416 e. The number of carbonyl (C=O) groups is 3. The molecule has 4 amide bonds. The van der Waals surface area contributed by atoms with Gasteiger partial charge in [0.15, 0.2) is 0 Å². The predicted octanol–water partition coefficient (Wildman–Crippen LogP) is 2.99. The summed E-state index contributed by atoms with van der Waals surface area (Å²) in [6, 6.07) is 5.55. The number of amides is 4. The first kappa shape index (κ1) is 24.2. The van der Waals surface area contributed by atoms with E-state index in [1.165, 1.54) is 28.0 Å². The molecule has 1 aromatic heterocycles. The van der Waals surface area contributed by atoms with E-state index in [2.05, 4.69) is 15.6 Å². The fourth-order valence-corrected chi connectivity index (χ4v) is 4.38. The summed E-state index contributed by atoms with van der Waals surface area (Å²) in [5, 5.41) is 5.30.